The molecular formula is C20H21BrO2. The summed E-state index contributed by atoms with van der Waals surface area (Å²) >= 11 is 3.90. The molecule has 1 aliphatic rings. The SMILES string of the molecule is CC(C)(C)OC(=O)c1ccc(C2(Br)CC2c2ccccc2)cc1. The van der Waals surface area contributed by atoms with Gasteiger partial charge in [-0.05, 0) is 50.5 Å². The molecule has 1 fully saturated rings. The number of rotatable bonds is 3. The minimum absolute atomic E-state index is 0.0131. The molecular weight excluding hydrogens is 352 g/mol. The van der Waals surface area contributed by atoms with Crippen molar-refractivity contribution in [3.63, 3.8) is 0 Å². The summed E-state index contributed by atoms with van der Waals surface area (Å²) in [6.45, 7) is 5.63. The molecule has 0 saturated heterocycles. The first kappa shape index (κ1) is 16.3. The van der Waals surface area contributed by atoms with Crippen LogP contribution in [0.15, 0.2) is 54.6 Å². The van der Waals surface area contributed by atoms with Crippen molar-refractivity contribution in [1.82, 2.24) is 0 Å². The first-order chi connectivity index (χ1) is 10.8. The minimum Gasteiger partial charge on any atom is -0.456 e. The van der Waals surface area contributed by atoms with E-state index in [1.165, 1.54) is 11.1 Å². The van der Waals surface area contributed by atoms with Gasteiger partial charge in [-0.25, -0.2) is 4.79 Å². The fourth-order valence-electron chi connectivity index (χ4n) is 2.84. The first-order valence-electron chi connectivity index (χ1n) is 7.87. The van der Waals surface area contributed by atoms with Crippen LogP contribution in [0.5, 0.6) is 0 Å². The fourth-order valence-corrected chi connectivity index (χ4v) is 3.70. The Morgan fingerprint density at radius 1 is 1.09 bits per heavy atom. The molecule has 0 bridgehead atoms. The average molecular weight is 373 g/mol. The Morgan fingerprint density at radius 3 is 2.26 bits per heavy atom. The van der Waals surface area contributed by atoms with E-state index in [2.05, 4.69) is 40.2 Å². The van der Waals surface area contributed by atoms with E-state index in [9.17, 15) is 4.79 Å². The lowest BCUT2D eigenvalue weighted by Crippen LogP contribution is -2.23. The van der Waals surface area contributed by atoms with Crippen molar-refractivity contribution >= 4 is 21.9 Å². The zero-order valence-electron chi connectivity index (χ0n) is 13.7. The lowest BCUT2D eigenvalue weighted by atomic mass is 10.0. The molecule has 0 spiro atoms. The van der Waals surface area contributed by atoms with Crippen LogP contribution in [0.25, 0.3) is 0 Å². The van der Waals surface area contributed by atoms with Crippen LogP contribution in [0.1, 0.15) is 54.6 Å². The maximum absolute atomic E-state index is 12.1. The summed E-state index contributed by atoms with van der Waals surface area (Å²) in [7, 11) is 0. The monoisotopic (exact) mass is 372 g/mol. The van der Waals surface area contributed by atoms with Crippen LogP contribution in [-0.2, 0) is 9.06 Å². The molecule has 0 aromatic heterocycles. The minimum atomic E-state index is -0.471. The van der Waals surface area contributed by atoms with Gasteiger partial charge in [0.2, 0.25) is 0 Å². The van der Waals surface area contributed by atoms with Crippen molar-refractivity contribution in [1.29, 1.82) is 0 Å². The van der Waals surface area contributed by atoms with Crippen LogP contribution in [0.4, 0.5) is 0 Å². The summed E-state index contributed by atoms with van der Waals surface area (Å²) in [6.07, 6.45) is 1.07. The molecule has 2 atom stereocenters. The highest BCUT2D eigenvalue weighted by Crippen LogP contribution is 2.64. The third kappa shape index (κ3) is 3.50. The first-order valence-corrected chi connectivity index (χ1v) is 8.67. The topological polar surface area (TPSA) is 26.3 Å². The molecule has 120 valence electrons. The van der Waals surface area contributed by atoms with E-state index in [1.54, 1.807) is 0 Å². The van der Waals surface area contributed by atoms with Crippen LogP contribution in [0.2, 0.25) is 0 Å². The van der Waals surface area contributed by atoms with Gasteiger partial charge in [-0.2, -0.15) is 0 Å². The van der Waals surface area contributed by atoms with E-state index >= 15 is 0 Å². The third-order valence-electron chi connectivity index (χ3n) is 4.09. The number of carbonyl (C=O) groups excluding carboxylic acids is 1. The van der Waals surface area contributed by atoms with Crippen molar-refractivity contribution in [3.05, 3.63) is 71.3 Å². The number of carbonyl (C=O) groups is 1. The molecule has 2 aromatic rings. The van der Waals surface area contributed by atoms with Gasteiger partial charge in [0.05, 0.1) is 9.89 Å². The Morgan fingerprint density at radius 2 is 1.70 bits per heavy atom. The average Bonchev–Trinajstić information content (AvgIpc) is 3.20. The van der Waals surface area contributed by atoms with Crippen molar-refractivity contribution < 1.29 is 9.53 Å². The highest BCUT2D eigenvalue weighted by Gasteiger charge is 2.54. The molecule has 2 nitrogen and oxygen atoms in total. The van der Waals surface area contributed by atoms with Gasteiger partial charge < -0.3 is 4.74 Å². The predicted octanol–water partition coefficient (Wildman–Crippen LogP) is 5.42. The number of halogens is 1. The van der Waals surface area contributed by atoms with Crippen LogP contribution >= 0.6 is 15.9 Å². The van der Waals surface area contributed by atoms with E-state index in [1.807, 2.05) is 51.1 Å². The molecule has 2 aromatic carbocycles. The standard InChI is InChI=1S/C20H21BrO2/c1-19(2,3)23-18(22)15-9-11-16(12-10-15)20(21)13-17(20)14-7-5-4-6-8-14/h4-12,17H,13H2,1-3H3. The molecule has 1 saturated carbocycles. The van der Waals surface area contributed by atoms with Gasteiger partial charge in [-0.3, -0.25) is 0 Å². The van der Waals surface area contributed by atoms with Gasteiger partial charge in [0.1, 0.15) is 5.60 Å². The second-order valence-electron chi connectivity index (χ2n) is 7.11. The van der Waals surface area contributed by atoms with Crippen molar-refractivity contribution in [2.24, 2.45) is 0 Å². The molecule has 2 unspecified atom stereocenters. The van der Waals surface area contributed by atoms with Gasteiger partial charge in [0, 0.05) is 5.92 Å². The van der Waals surface area contributed by atoms with Crippen LogP contribution in [-0.4, -0.2) is 11.6 Å². The van der Waals surface area contributed by atoms with Gasteiger partial charge in [0.15, 0.2) is 0 Å². The summed E-state index contributed by atoms with van der Waals surface area (Å²) in [6, 6.07) is 18.3. The van der Waals surface area contributed by atoms with Gasteiger partial charge in [-0.15, -0.1) is 0 Å². The molecule has 1 aliphatic carbocycles. The second-order valence-corrected chi connectivity index (χ2v) is 8.52. The maximum Gasteiger partial charge on any atom is 0.338 e. The molecule has 3 rings (SSSR count). The Labute approximate surface area is 146 Å². The van der Waals surface area contributed by atoms with Gasteiger partial charge in [0.25, 0.3) is 0 Å². The molecule has 3 heteroatoms. The fraction of sp³-hybridized carbons (Fsp3) is 0.350. The summed E-state index contributed by atoms with van der Waals surface area (Å²) in [4.78, 5) is 12.1. The molecule has 0 amide bonds. The molecule has 0 heterocycles. The van der Waals surface area contributed by atoms with E-state index in [-0.39, 0.29) is 10.3 Å². The number of benzene rings is 2. The predicted molar refractivity (Wildman–Crippen MR) is 96.0 cm³/mol. The number of alkyl halides is 1. The lowest BCUT2D eigenvalue weighted by Gasteiger charge is -2.19. The zero-order chi connectivity index (χ0) is 16.7. The second kappa shape index (κ2) is 5.79. The summed E-state index contributed by atoms with van der Waals surface area (Å²) in [5, 5.41) is 0. The summed E-state index contributed by atoms with van der Waals surface area (Å²) < 4.78 is 5.39. The van der Waals surface area contributed by atoms with Crippen molar-refractivity contribution in [2.75, 3.05) is 0 Å². The van der Waals surface area contributed by atoms with E-state index in [0.717, 1.165) is 6.42 Å². The highest BCUT2D eigenvalue weighted by atomic mass is 79.9. The Kier molecular flexibility index (Phi) is 4.09. The van der Waals surface area contributed by atoms with Gasteiger partial charge >= 0.3 is 5.97 Å². The van der Waals surface area contributed by atoms with E-state index in [4.69, 9.17) is 4.74 Å². The number of hydrogen-bond acceptors (Lipinski definition) is 2. The van der Waals surface area contributed by atoms with Gasteiger partial charge in [-0.1, -0.05) is 58.4 Å². The van der Waals surface area contributed by atoms with Crippen LogP contribution in [0.3, 0.4) is 0 Å². The molecule has 0 radical (unpaired) electrons. The normalized spacial score (nSPS) is 23.4. The smallest absolute Gasteiger partial charge is 0.338 e. The summed E-state index contributed by atoms with van der Waals surface area (Å²) in [5.41, 5.74) is 2.68. The largest absolute Gasteiger partial charge is 0.456 e. The number of hydrogen-bond donors (Lipinski definition) is 0. The van der Waals surface area contributed by atoms with Crippen molar-refractivity contribution in [3.8, 4) is 0 Å². The third-order valence-corrected chi connectivity index (χ3v) is 5.43. The number of esters is 1. The number of ether oxygens (including phenoxy) is 1. The summed E-state index contributed by atoms with van der Waals surface area (Å²) in [5.74, 6) is 0.208. The Hall–Kier alpha value is -1.61. The molecule has 23 heavy (non-hydrogen) atoms. The molecule has 0 N–H and O–H groups in total. The zero-order valence-corrected chi connectivity index (χ0v) is 15.3. The Bertz CT molecular complexity index is 701. The van der Waals surface area contributed by atoms with Crippen LogP contribution < -0.4 is 0 Å². The lowest BCUT2D eigenvalue weighted by molar-refractivity contribution is 0.00695. The quantitative estimate of drug-likeness (QED) is 0.531. The maximum atomic E-state index is 12.1. The molecule has 0 aliphatic heterocycles. The van der Waals surface area contributed by atoms with Crippen LogP contribution in [0, 0.1) is 0 Å². The van der Waals surface area contributed by atoms with E-state index < -0.39 is 5.60 Å². The Balaban J connectivity index is 1.75. The van der Waals surface area contributed by atoms with Crippen molar-refractivity contribution in [2.45, 2.75) is 43.0 Å². The highest BCUT2D eigenvalue weighted by molar-refractivity contribution is 9.09. The van der Waals surface area contributed by atoms with E-state index in [0.29, 0.717) is 11.5 Å².